The van der Waals surface area contributed by atoms with Crippen LogP contribution in [0.2, 0.25) is 0 Å². The minimum Gasteiger partial charge on any atom is -0.285 e. The number of hydrogen-bond donors (Lipinski definition) is 1. The van der Waals surface area contributed by atoms with E-state index >= 15 is 0 Å². The zero-order valence-electron chi connectivity index (χ0n) is 9.71. The lowest BCUT2D eigenvalue weighted by Gasteiger charge is -2.19. The predicted molar refractivity (Wildman–Crippen MR) is 65.1 cm³/mol. The van der Waals surface area contributed by atoms with E-state index in [0.29, 0.717) is 0 Å². The van der Waals surface area contributed by atoms with Gasteiger partial charge in [-0.05, 0) is 13.3 Å². The van der Waals surface area contributed by atoms with Gasteiger partial charge in [-0.3, -0.25) is 9.55 Å². The van der Waals surface area contributed by atoms with Crippen molar-refractivity contribution >= 4 is 15.8 Å². The fraction of sp³-hybridized carbons (Fsp3) is 0.545. The van der Waals surface area contributed by atoms with Crippen molar-refractivity contribution in [2.75, 3.05) is 0 Å². The molecule has 0 radical (unpaired) electrons. The Morgan fingerprint density at radius 2 is 2.12 bits per heavy atom. The normalized spacial score (nSPS) is 27.5. The molecule has 0 saturated carbocycles. The van der Waals surface area contributed by atoms with Gasteiger partial charge in [0.15, 0.2) is 0 Å². The third kappa shape index (κ3) is 3.28. The van der Waals surface area contributed by atoms with Crippen molar-refractivity contribution in [3.63, 3.8) is 0 Å². The van der Waals surface area contributed by atoms with Crippen LogP contribution in [0.25, 0.3) is 0 Å². The second-order valence-corrected chi connectivity index (χ2v) is 6.10. The number of aliphatic imine (C=N–C) groups is 1. The maximum atomic E-state index is 11.1. The molecule has 0 bridgehead atoms. The average Bonchev–Trinajstić information content (AvgIpc) is 2.18. The highest BCUT2D eigenvalue weighted by atomic mass is 32.2. The first-order chi connectivity index (χ1) is 7.23. The van der Waals surface area contributed by atoms with Gasteiger partial charge < -0.3 is 0 Å². The summed E-state index contributed by atoms with van der Waals surface area (Å²) in [4.78, 5) is 4.22. The highest BCUT2D eigenvalue weighted by Crippen LogP contribution is 2.22. The molecule has 1 unspecified atom stereocenters. The molecule has 0 saturated heterocycles. The molecule has 5 heteroatoms. The smallest absolute Gasteiger partial charge is 0.271 e. The number of nitrogens with zero attached hydrogens (tertiary/aromatic N) is 1. The minimum absolute atomic E-state index is 0.238. The van der Waals surface area contributed by atoms with Crippen LogP contribution in [0.1, 0.15) is 27.2 Å². The molecule has 1 aliphatic heterocycles. The highest BCUT2D eigenvalue weighted by Gasteiger charge is 2.23. The molecule has 1 aliphatic rings. The van der Waals surface area contributed by atoms with Gasteiger partial charge >= 0.3 is 0 Å². The van der Waals surface area contributed by atoms with Crippen LogP contribution in [-0.2, 0) is 10.1 Å². The number of rotatable bonds is 1. The van der Waals surface area contributed by atoms with Crippen molar-refractivity contribution in [3.05, 3.63) is 24.4 Å². The standard InChI is InChI=1S/C11H17NO3S/c1-9-11(2,3)7-6-10(16(13,14)15)5-4-8-12-9/h4,6-8,10H,5H2,1-3H3,(H,13,14,15)/b7-6?,8-4+,12-9?. The van der Waals surface area contributed by atoms with Crippen LogP contribution in [0.3, 0.4) is 0 Å². The summed E-state index contributed by atoms with van der Waals surface area (Å²) < 4.78 is 31.2. The summed E-state index contributed by atoms with van der Waals surface area (Å²) in [5, 5.41) is -0.885. The minimum atomic E-state index is -4.04. The fourth-order valence-corrected chi connectivity index (χ4v) is 1.93. The molecule has 1 heterocycles. The van der Waals surface area contributed by atoms with Crippen LogP contribution < -0.4 is 0 Å². The van der Waals surface area contributed by atoms with Crippen LogP contribution in [0.4, 0.5) is 0 Å². The lowest BCUT2D eigenvalue weighted by Crippen LogP contribution is -2.21. The van der Waals surface area contributed by atoms with Crippen molar-refractivity contribution < 1.29 is 13.0 Å². The first kappa shape index (κ1) is 13.1. The zero-order valence-corrected chi connectivity index (χ0v) is 10.5. The molecule has 0 aromatic carbocycles. The predicted octanol–water partition coefficient (Wildman–Crippen LogP) is 2.20. The summed E-state index contributed by atoms with van der Waals surface area (Å²) in [6, 6.07) is 0. The van der Waals surface area contributed by atoms with Crippen molar-refractivity contribution in [2.24, 2.45) is 10.4 Å². The van der Waals surface area contributed by atoms with Gasteiger partial charge in [0.2, 0.25) is 0 Å². The molecule has 16 heavy (non-hydrogen) atoms. The van der Waals surface area contributed by atoms with E-state index in [1.54, 1.807) is 18.4 Å². The molecule has 1 N–H and O–H groups in total. The van der Waals surface area contributed by atoms with E-state index in [-0.39, 0.29) is 11.8 Å². The third-order valence-corrected chi connectivity index (χ3v) is 3.90. The van der Waals surface area contributed by atoms with Crippen molar-refractivity contribution in [2.45, 2.75) is 32.4 Å². The molecular weight excluding hydrogens is 226 g/mol. The van der Waals surface area contributed by atoms with Crippen LogP contribution in [0.5, 0.6) is 0 Å². The molecule has 0 amide bonds. The molecular formula is C11H17NO3S. The summed E-state index contributed by atoms with van der Waals surface area (Å²) in [6.45, 7) is 5.79. The van der Waals surface area contributed by atoms with Gasteiger partial charge in [0.05, 0.1) is 0 Å². The number of hydrogen-bond acceptors (Lipinski definition) is 3. The molecule has 0 fully saturated rings. The second-order valence-electron chi connectivity index (χ2n) is 4.47. The number of allylic oxidation sites excluding steroid dienone is 2. The van der Waals surface area contributed by atoms with E-state index in [9.17, 15) is 8.42 Å². The lowest BCUT2D eigenvalue weighted by molar-refractivity contribution is 0.474. The van der Waals surface area contributed by atoms with E-state index < -0.39 is 15.4 Å². The van der Waals surface area contributed by atoms with Gasteiger partial charge in [0, 0.05) is 17.3 Å². The quantitative estimate of drug-likeness (QED) is 0.567. The summed E-state index contributed by atoms with van der Waals surface area (Å²) in [6.07, 6.45) is 6.78. The Kier molecular flexibility index (Phi) is 3.70. The van der Waals surface area contributed by atoms with Crippen LogP contribution in [-0.4, -0.2) is 23.9 Å². The highest BCUT2D eigenvalue weighted by molar-refractivity contribution is 7.86. The van der Waals surface area contributed by atoms with Gasteiger partial charge in [-0.25, -0.2) is 0 Å². The van der Waals surface area contributed by atoms with Crippen molar-refractivity contribution in [1.29, 1.82) is 0 Å². The van der Waals surface area contributed by atoms with Crippen molar-refractivity contribution in [1.82, 2.24) is 0 Å². The molecule has 4 nitrogen and oxygen atoms in total. The largest absolute Gasteiger partial charge is 0.285 e. The molecule has 0 aromatic rings. The summed E-state index contributed by atoms with van der Waals surface area (Å²) in [7, 11) is -4.04. The van der Waals surface area contributed by atoms with E-state index in [0.717, 1.165) is 5.71 Å². The first-order valence-electron chi connectivity index (χ1n) is 5.09. The lowest BCUT2D eigenvalue weighted by atomic mass is 9.87. The Labute approximate surface area is 96.5 Å². The Morgan fingerprint density at radius 3 is 2.69 bits per heavy atom. The molecule has 0 aliphatic carbocycles. The third-order valence-electron chi connectivity index (χ3n) is 2.78. The van der Waals surface area contributed by atoms with Crippen LogP contribution in [0.15, 0.2) is 29.4 Å². The average molecular weight is 243 g/mol. The Bertz CT molecular complexity index is 444. The van der Waals surface area contributed by atoms with E-state index in [1.165, 1.54) is 6.08 Å². The fourth-order valence-electron chi connectivity index (χ4n) is 1.29. The maximum Gasteiger partial charge on any atom is 0.271 e. The van der Waals surface area contributed by atoms with Gasteiger partial charge in [-0.1, -0.05) is 32.1 Å². The van der Waals surface area contributed by atoms with E-state index in [1.807, 2.05) is 20.8 Å². The zero-order chi connectivity index (χ0) is 12.4. The second kappa shape index (κ2) is 4.51. The SMILES string of the molecule is CC1=N/C=C/CC(S(=O)(=O)O)C=CC1(C)C. The van der Waals surface area contributed by atoms with Gasteiger partial charge in [-0.2, -0.15) is 8.42 Å². The van der Waals surface area contributed by atoms with Crippen LogP contribution >= 0.6 is 0 Å². The van der Waals surface area contributed by atoms with Gasteiger partial charge in [0.25, 0.3) is 10.1 Å². The van der Waals surface area contributed by atoms with Crippen molar-refractivity contribution in [3.8, 4) is 0 Å². The first-order valence-corrected chi connectivity index (χ1v) is 6.59. The van der Waals surface area contributed by atoms with Crippen LogP contribution in [0, 0.1) is 5.41 Å². The van der Waals surface area contributed by atoms with Gasteiger partial charge in [-0.15, -0.1) is 0 Å². The summed E-state index contributed by atoms with van der Waals surface area (Å²) >= 11 is 0. The molecule has 90 valence electrons. The molecule has 0 spiro atoms. The van der Waals surface area contributed by atoms with E-state index in [4.69, 9.17) is 4.55 Å². The van der Waals surface area contributed by atoms with Gasteiger partial charge in [0.1, 0.15) is 5.25 Å². The molecule has 0 aromatic heterocycles. The molecule has 1 rings (SSSR count). The topological polar surface area (TPSA) is 66.7 Å². The summed E-state index contributed by atoms with van der Waals surface area (Å²) in [5.41, 5.74) is 0.591. The Morgan fingerprint density at radius 1 is 1.50 bits per heavy atom. The summed E-state index contributed by atoms with van der Waals surface area (Å²) in [5.74, 6) is 0. The Hall–Kier alpha value is -0.940. The van der Waals surface area contributed by atoms with E-state index in [2.05, 4.69) is 4.99 Å². The molecule has 1 atom stereocenters. The maximum absolute atomic E-state index is 11.1. The Balaban J connectivity index is 3.12. The monoisotopic (exact) mass is 243 g/mol.